The highest BCUT2D eigenvalue weighted by Crippen LogP contribution is 2.54. The fourth-order valence-corrected chi connectivity index (χ4v) is 8.25. The molecule has 0 spiro atoms. The van der Waals surface area contributed by atoms with Crippen molar-refractivity contribution >= 4 is 55.1 Å². The normalized spacial score (nSPS) is 36.3. The number of thiophene rings is 1. The number of hydrogen-bond acceptors (Lipinski definition) is 10. The first-order valence-electron chi connectivity index (χ1n) is 10.2. The van der Waals surface area contributed by atoms with Crippen LogP contribution in [0.1, 0.15) is 43.6 Å². The monoisotopic (exact) mass is 577 g/mol. The number of halogens is 1. The lowest BCUT2D eigenvalue weighted by molar-refractivity contribution is -0.221. The van der Waals surface area contributed by atoms with E-state index < -0.39 is 51.0 Å². The van der Waals surface area contributed by atoms with E-state index in [1.54, 1.807) is 11.8 Å². The van der Waals surface area contributed by atoms with Gasteiger partial charge in [-0.25, -0.2) is 3.15 Å². The van der Waals surface area contributed by atoms with Gasteiger partial charge in [0.2, 0.25) is 5.60 Å². The molecule has 5 atom stereocenters. The molecule has 31 heavy (non-hydrogen) atoms. The molecule has 0 amide bonds. The number of ether oxygens (including phenoxy) is 5. The van der Waals surface area contributed by atoms with Crippen molar-refractivity contribution in [3.05, 3.63) is 15.8 Å². The van der Waals surface area contributed by atoms with Crippen LogP contribution in [0.3, 0.4) is 0 Å². The zero-order valence-corrected chi connectivity index (χ0v) is 21.3. The minimum Gasteiger partial charge on any atom is -0.353 e. The van der Waals surface area contributed by atoms with Gasteiger partial charge in [0.15, 0.2) is 12.1 Å². The van der Waals surface area contributed by atoms with Crippen LogP contribution in [0.4, 0.5) is 5.69 Å². The van der Waals surface area contributed by atoms with Crippen LogP contribution in [0.5, 0.6) is 0 Å². The predicted octanol–water partition coefficient (Wildman–Crippen LogP) is 4.75. The Labute approximate surface area is 200 Å². The second-order valence-corrected chi connectivity index (χ2v) is 11.3. The number of nitriles is 1. The molecule has 0 bridgehead atoms. The van der Waals surface area contributed by atoms with Gasteiger partial charge < -0.3 is 23.7 Å². The molecular formula is C20H24IN3O5S2. The van der Waals surface area contributed by atoms with Gasteiger partial charge in [-0.05, 0) is 39.4 Å². The van der Waals surface area contributed by atoms with Crippen molar-refractivity contribution in [1.82, 2.24) is 0 Å². The molecule has 5 rings (SSSR count). The van der Waals surface area contributed by atoms with Crippen molar-refractivity contribution in [3.63, 3.8) is 0 Å². The van der Waals surface area contributed by atoms with Crippen molar-refractivity contribution < 1.29 is 23.7 Å². The van der Waals surface area contributed by atoms with E-state index in [1.807, 2.05) is 25.5 Å². The zero-order valence-electron chi connectivity index (χ0n) is 17.5. The molecule has 0 aromatic carbocycles. The standard InChI is InChI=1S/C20H24IN3O5S2/c1-19(2)28-15-12(8-26-13-6-4-5-7-25-13)27-20(10-22,16(15)29-19)17-14-11(9-31-17)18(30-3)24-21-23-14/h9,12-13,15-16H,4-8H2,1-3H3/t12?,13?,15-,16-,20-/m1/s1. The minimum absolute atomic E-state index is 0.238. The molecular weight excluding hydrogens is 553 g/mol. The summed E-state index contributed by atoms with van der Waals surface area (Å²) < 4.78 is 39.9. The highest BCUT2D eigenvalue weighted by atomic mass is 127. The summed E-state index contributed by atoms with van der Waals surface area (Å²) in [5.74, 6) is -0.811. The van der Waals surface area contributed by atoms with E-state index in [0.717, 1.165) is 40.4 Å². The van der Waals surface area contributed by atoms with E-state index in [4.69, 9.17) is 26.8 Å². The molecule has 8 nitrogen and oxygen atoms in total. The van der Waals surface area contributed by atoms with Gasteiger partial charge in [-0.2, -0.15) is 8.47 Å². The van der Waals surface area contributed by atoms with E-state index in [1.165, 1.54) is 11.3 Å². The molecule has 0 N–H and O–H groups in total. The maximum absolute atomic E-state index is 10.4. The summed E-state index contributed by atoms with van der Waals surface area (Å²) in [6, 6.07) is 2.44. The Morgan fingerprint density at radius 2 is 2.23 bits per heavy atom. The van der Waals surface area contributed by atoms with Crippen LogP contribution in [0.15, 0.2) is 11.7 Å². The summed E-state index contributed by atoms with van der Waals surface area (Å²) in [6.07, 6.45) is 3.36. The first-order valence-corrected chi connectivity index (χ1v) is 14.3. The predicted molar refractivity (Wildman–Crippen MR) is 126 cm³/mol. The van der Waals surface area contributed by atoms with E-state index in [9.17, 15) is 5.26 Å². The van der Waals surface area contributed by atoms with Gasteiger partial charge in [-0.1, -0.05) is 0 Å². The smallest absolute Gasteiger partial charge is 0.220 e. The van der Waals surface area contributed by atoms with Crippen LogP contribution in [0.2, 0.25) is 0 Å². The molecule has 3 fully saturated rings. The molecule has 4 aliphatic rings. The van der Waals surface area contributed by atoms with Crippen molar-refractivity contribution in [3.8, 4) is 6.07 Å². The van der Waals surface area contributed by atoms with E-state index in [0.29, 0.717) is 6.61 Å². The van der Waals surface area contributed by atoms with Crippen molar-refractivity contribution in [1.29, 1.82) is 5.26 Å². The van der Waals surface area contributed by atoms with Crippen molar-refractivity contribution in [2.75, 3.05) is 19.5 Å². The fourth-order valence-electron chi connectivity index (χ4n) is 4.38. The Hall–Kier alpha value is -0.460. The first-order chi connectivity index (χ1) is 15.0. The summed E-state index contributed by atoms with van der Waals surface area (Å²) in [5.41, 5.74) is 0.497. The molecule has 1 aromatic rings. The highest BCUT2D eigenvalue weighted by Gasteiger charge is 2.65. The van der Waals surface area contributed by atoms with Gasteiger partial charge in [0, 0.05) is 17.6 Å². The number of nitrogens with zero attached hydrogens (tertiary/aromatic N) is 3. The summed E-state index contributed by atoms with van der Waals surface area (Å²) >= 11 is 2.39. The van der Waals surface area contributed by atoms with Gasteiger partial charge in [-0.15, -0.1) is 23.1 Å². The minimum atomic E-state index is -1.30. The van der Waals surface area contributed by atoms with Gasteiger partial charge in [0.1, 0.15) is 50.7 Å². The molecule has 1 aromatic heterocycles. The third-order valence-corrected chi connectivity index (χ3v) is 9.25. The molecule has 0 radical (unpaired) electrons. The third-order valence-electron chi connectivity index (χ3n) is 5.75. The average Bonchev–Trinajstić information content (AvgIpc) is 3.43. The lowest BCUT2D eigenvalue weighted by Gasteiger charge is -2.29. The molecule has 4 aliphatic heterocycles. The van der Waals surface area contributed by atoms with Crippen LogP contribution in [-0.2, 0) is 29.3 Å². The molecule has 2 unspecified atom stereocenters. The zero-order chi connectivity index (χ0) is 21.6. The molecule has 0 aliphatic carbocycles. The van der Waals surface area contributed by atoms with Gasteiger partial charge >= 0.3 is 0 Å². The maximum Gasteiger partial charge on any atom is 0.220 e. The molecule has 168 valence electrons. The van der Waals surface area contributed by atoms with Crippen LogP contribution >= 0.6 is 44.4 Å². The molecule has 3 saturated heterocycles. The first kappa shape index (κ1) is 22.3. The number of thioether (sulfide) groups is 1. The van der Waals surface area contributed by atoms with Crippen LogP contribution in [0.25, 0.3) is 0 Å². The van der Waals surface area contributed by atoms with E-state index >= 15 is 0 Å². The summed E-state index contributed by atoms with van der Waals surface area (Å²) in [4.78, 5) is 0.777. The number of fused-ring (bicyclic) bond motifs is 2. The second kappa shape index (κ2) is 8.72. The Morgan fingerprint density at radius 1 is 1.35 bits per heavy atom. The Morgan fingerprint density at radius 3 is 2.97 bits per heavy atom. The van der Waals surface area contributed by atoms with Crippen LogP contribution in [0, 0.1) is 11.3 Å². The highest BCUT2D eigenvalue weighted by molar-refractivity contribution is 14.1. The van der Waals surface area contributed by atoms with Crippen LogP contribution < -0.4 is 0 Å². The van der Waals surface area contributed by atoms with E-state index in [2.05, 4.69) is 9.28 Å². The van der Waals surface area contributed by atoms with Crippen LogP contribution in [-0.4, -0.2) is 54.9 Å². The Kier molecular flexibility index (Phi) is 6.28. The quantitative estimate of drug-likeness (QED) is 0.477. The molecule has 0 saturated carbocycles. The topological polar surface area (TPSA) is 94.7 Å². The van der Waals surface area contributed by atoms with Crippen molar-refractivity contribution in [2.45, 2.75) is 69.1 Å². The maximum atomic E-state index is 10.4. The second-order valence-electron chi connectivity index (χ2n) is 8.23. The summed E-state index contributed by atoms with van der Waals surface area (Å²) in [5, 5.41) is 13.4. The Balaban J connectivity index is 1.47. The summed E-state index contributed by atoms with van der Waals surface area (Å²) in [6.45, 7) is 4.73. The lowest BCUT2D eigenvalue weighted by atomic mass is 9.93. The number of rotatable bonds is 4. The summed E-state index contributed by atoms with van der Waals surface area (Å²) in [7, 11) is 0. The third kappa shape index (κ3) is 3.93. The van der Waals surface area contributed by atoms with Crippen molar-refractivity contribution in [2.24, 2.45) is 6.35 Å². The average molecular weight is 577 g/mol. The largest absolute Gasteiger partial charge is 0.353 e. The van der Waals surface area contributed by atoms with E-state index in [-0.39, 0.29) is 12.9 Å². The molecule has 11 heteroatoms. The molecule has 5 heterocycles. The van der Waals surface area contributed by atoms with Gasteiger partial charge in [0.05, 0.1) is 17.2 Å². The van der Waals surface area contributed by atoms with Gasteiger partial charge in [0.25, 0.3) is 0 Å². The lowest BCUT2D eigenvalue weighted by Crippen LogP contribution is -2.39. The van der Waals surface area contributed by atoms with Gasteiger partial charge in [-0.3, -0.25) is 0 Å². The number of hydrogen-bond donors (Lipinski definition) is 0. The SMILES string of the molecule is CSC1=NI=Nc2c1csc2[C@]1(C#N)OC(COC2CCCCO2)[C@H]2OC(C)(C)O[C@H]21. The fraction of sp³-hybridized carbons (Fsp3) is 0.700. The Bertz CT molecular complexity index is 955.